The molecule has 6 rings (SSSR count). The zero-order chi connectivity index (χ0) is 19.2. The summed E-state index contributed by atoms with van der Waals surface area (Å²) < 4.78 is 4.34. The molecule has 0 radical (unpaired) electrons. The molecule has 152 valence electrons. The van der Waals surface area contributed by atoms with E-state index in [1.807, 2.05) is 9.36 Å². The standard InChI is InChI=1S/2C10H7N4.2ClH.Hf/c2*1-2-4-9-6-10(5-8(9)3-1)14-7-11-12-13-14;;;/h2*1-7H;2*1H;/q;;;;+2/p-2. The van der Waals surface area contributed by atoms with Gasteiger partial charge in [0.15, 0.2) is 0 Å². The molecule has 11 heteroatoms. The maximum atomic E-state index is 4.19. The number of hydrogen-bond acceptors (Lipinski definition) is 6. The topological polar surface area (TPSA) is 87.2 Å². The fourth-order valence-electron chi connectivity index (χ4n) is 4.09. The Morgan fingerprint density at radius 2 is 1.10 bits per heavy atom. The number of benzene rings is 2. The first-order valence-corrected chi connectivity index (χ1v) is 13.4. The molecule has 0 N–H and O–H groups in total. The van der Waals surface area contributed by atoms with Crippen molar-refractivity contribution < 1.29 is 47.7 Å². The summed E-state index contributed by atoms with van der Waals surface area (Å²) in [5.74, 6) is 0. The minimum Gasteiger partial charge on any atom is -1.00 e. The van der Waals surface area contributed by atoms with Gasteiger partial charge in [-0.2, -0.15) is 0 Å². The molecule has 2 atom stereocenters. The quantitative estimate of drug-likeness (QED) is 0.222. The van der Waals surface area contributed by atoms with Gasteiger partial charge >= 0.3 is 178 Å². The van der Waals surface area contributed by atoms with Gasteiger partial charge in [0.2, 0.25) is 0 Å². The van der Waals surface area contributed by atoms with E-state index in [9.17, 15) is 0 Å². The van der Waals surface area contributed by atoms with Crippen LogP contribution in [-0.2, 0) is 22.9 Å². The van der Waals surface area contributed by atoms with Gasteiger partial charge < -0.3 is 24.8 Å². The van der Waals surface area contributed by atoms with Gasteiger partial charge in [-0.15, -0.1) is 0 Å². The summed E-state index contributed by atoms with van der Waals surface area (Å²) in [5.41, 5.74) is 7.60. The molecule has 2 aliphatic rings. The Morgan fingerprint density at radius 1 is 0.645 bits per heavy atom. The van der Waals surface area contributed by atoms with Crippen molar-refractivity contribution in [2.75, 3.05) is 0 Å². The van der Waals surface area contributed by atoms with Crippen molar-refractivity contribution in [1.82, 2.24) is 40.4 Å². The van der Waals surface area contributed by atoms with Crippen molar-refractivity contribution >= 4 is 23.5 Å². The number of nitrogens with zero attached hydrogens (tertiary/aromatic N) is 8. The number of tetrazole rings is 2. The van der Waals surface area contributed by atoms with Gasteiger partial charge in [0, 0.05) is 0 Å². The molecule has 0 fully saturated rings. The molecule has 0 spiro atoms. The van der Waals surface area contributed by atoms with Gasteiger partial charge in [0.25, 0.3) is 0 Å². The Hall–Kier alpha value is -2.49. The van der Waals surface area contributed by atoms with E-state index in [2.05, 4.69) is 91.7 Å². The Labute approximate surface area is 201 Å². The first-order valence-electron chi connectivity index (χ1n) is 9.22. The van der Waals surface area contributed by atoms with Crippen LogP contribution in [0.5, 0.6) is 0 Å². The normalized spacial score (nSPS) is 18.1. The Balaban J connectivity index is 0.00000116. The predicted octanol–water partition coefficient (Wildman–Crippen LogP) is -3.44. The molecule has 2 aromatic heterocycles. The van der Waals surface area contributed by atoms with E-state index in [1.165, 1.54) is 33.6 Å². The van der Waals surface area contributed by atoms with Gasteiger partial charge in [0.05, 0.1) is 0 Å². The monoisotopic (exact) mass is 616 g/mol. The molecule has 0 saturated heterocycles. The van der Waals surface area contributed by atoms with Crippen LogP contribution in [-0.4, -0.2) is 40.4 Å². The van der Waals surface area contributed by atoms with Crippen molar-refractivity contribution in [3.63, 3.8) is 0 Å². The molecule has 2 aromatic carbocycles. The molecule has 0 aliphatic heterocycles. The molecular formula is C20H14Cl2HfN8. The van der Waals surface area contributed by atoms with E-state index >= 15 is 0 Å². The van der Waals surface area contributed by atoms with E-state index in [0.717, 1.165) is 0 Å². The molecule has 2 aliphatic carbocycles. The summed E-state index contributed by atoms with van der Waals surface area (Å²) in [6, 6.07) is 17.2. The zero-order valence-electron chi connectivity index (χ0n) is 15.9. The maximum Gasteiger partial charge on any atom is -1.00 e. The van der Waals surface area contributed by atoms with Crippen LogP contribution in [0.2, 0.25) is 0 Å². The number of fused-ring (bicyclic) bond motifs is 2. The van der Waals surface area contributed by atoms with E-state index in [0.29, 0.717) is 7.35 Å². The van der Waals surface area contributed by atoms with Crippen molar-refractivity contribution in [1.29, 1.82) is 0 Å². The number of halogens is 2. The molecule has 31 heavy (non-hydrogen) atoms. The Kier molecular flexibility index (Phi) is 6.27. The van der Waals surface area contributed by atoms with Crippen LogP contribution in [0, 0.1) is 0 Å². The summed E-state index contributed by atoms with van der Waals surface area (Å²) in [7, 11) is 0. The fourth-order valence-corrected chi connectivity index (χ4v) is 11.2. The van der Waals surface area contributed by atoms with E-state index in [4.69, 9.17) is 0 Å². The van der Waals surface area contributed by atoms with Crippen LogP contribution in [0.15, 0.2) is 61.2 Å². The van der Waals surface area contributed by atoms with Gasteiger partial charge in [-0.05, 0) is 0 Å². The van der Waals surface area contributed by atoms with E-state index in [-0.39, 0.29) is 24.8 Å². The third-order valence-electron chi connectivity index (χ3n) is 5.37. The van der Waals surface area contributed by atoms with Crippen molar-refractivity contribution in [2.45, 2.75) is 7.35 Å². The van der Waals surface area contributed by atoms with Crippen LogP contribution >= 0.6 is 0 Å². The van der Waals surface area contributed by atoms with Crippen LogP contribution < -0.4 is 24.8 Å². The van der Waals surface area contributed by atoms with Gasteiger partial charge in [-0.25, -0.2) is 0 Å². The Bertz CT molecular complexity index is 1160. The number of aromatic nitrogens is 8. The average Bonchev–Trinajstić information content (AvgIpc) is 3.55. The molecule has 2 unspecified atom stereocenters. The molecule has 0 saturated carbocycles. The molecule has 2 heterocycles. The van der Waals surface area contributed by atoms with Crippen LogP contribution in [0.3, 0.4) is 0 Å². The minimum atomic E-state index is -1.41. The largest absolute Gasteiger partial charge is 1.00 e. The van der Waals surface area contributed by atoms with Crippen molar-refractivity contribution in [3.05, 3.63) is 83.4 Å². The number of hydrogen-bond donors (Lipinski definition) is 0. The average molecular weight is 616 g/mol. The van der Waals surface area contributed by atoms with Gasteiger partial charge in [-0.3, -0.25) is 0 Å². The number of rotatable bonds is 4. The third-order valence-corrected chi connectivity index (χ3v) is 12.1. The zero-order valence-corrected chi connectivity index (χ0v) is 21.0. The second-order valence-electron chi connectivity index (χ2n) is 6.94. The number of allylic oxidation sites excluding steroid dienone is 2. The van der Waals surface area contributed by atoms with Crippen molar-refractivity contribution in [3.8, 4) is 0 Å². The van der Waals surface area contributed by atoms with Crippen LogP contribution in [0.4, 0.5) is 0 Å². The van der Waals surface area contributed by atoms with Crippen LogP contribution in [0.1, 0.15) is 29.6 Å². The molecule has 4 aromatic rings. The van der Waals surface area contributed by atoms with Gasteiger partial charge in [-0.1, -0.05) is 0 Å². The molecule has 0 amide bonds. The summed E-state index contributed by atoms with van der Waals surface area (Å²) in [6.07, 6.45) is 7.83. The summed E-state index contributed by atoms with van der Waals surface area (Å²) in [4.78, 5) is 0. The fraction of sp³-hybridized carbons (Fsp3) is 0.100. The minimum absolute atomic E-state index is 0. The predicted molar refractivity (Wildman–Crippen MR) is 102 cm³/mol. The van der Waals surface area contributed by atoms with Gasteiger partial charge in [0.1, 0.15) is 0 Å². The van der Waals surface area contributed by atoms with E-state index < -0.39 is 22.9 Å². The SMILES string of the molecule is C1=C(n2cnnn2)[CH]([Hf+2][CH]2C(n3cnnn3)=Cc3ccccc32)c2ccccc21.[Cl-].[Cl-]. The van der Waals surface area contributed by atoms with Crippen molar-refractivity contribution in [2.24, 2.45) is 0 Å². The summed E-state index contributed by atoms with van der Waals surface area (Å²) in [5, 5.41) is 23.8. The third kappa shape index (κ3) is 3.71. The van der Waals surface area contributed by atoms with Crippen LogP contribution in [0.25, 0.3) is 23.5 Å². The summed E-state index contributed by atoms with van der Waals surface area (Å²) in [6.45, 7) is 0. The second-order valence-corrected chi connectivity index (χ2v) is 12.3. The first-order chi connectivity index (χ1) is 14.4. The summed E-state index contributed by atoms with van der Waals surface area (Å²) >= 11 is -1.41. The molecular weight excluding hydrogens is 602 g/mol. The maximum absolute atomic E-state index is 4.19. The first kappa shape index (κ1) is 21.7. The Morgan fingerprint density at radius 3 is 1.52 bits per heavy atom. The molecule has 8 nitrogen and oxygen atoms in total. The smallest absolute Gasteiger partial charge is 1.00 e. The second kappa shape index (κ2) is 8.94. The van der Waals surface area contributed by atoms with E-state index in [1.54, 1.807) is 12.7 Å². The molecule has 0 bridgehead atoms.